The maximum atomic E-state index is 12.3. The molecule has 21 heavy (non-hydrogen) atoms. The molecular formula is C16H23ClN2O2. The minimum Gasteiger partial charge on any atom is -0.492 e. The first-order valence-corrected chi connectivity index (χ1v) is 7.96. The van der Waals surface area contributed by atoms with Gasteiger partial charge in [-0.2, -0.15) is 0 Å². The van der Waals surface area contributed by atoms with Crippen LogP contribution in [-0.2, 0) is 4.79 Å². The topological polar surface area (TPSA) is 64.3 Å². The van der Waals surface area contributed by atoms with Gasteiger partial charge in [-0.3, -0.25) is 4.79 Å². The van der Waals surface area contributed by atoms with E-state index >= 15 is 0 Å². The van der Waals surface area contributed by atoms with Crippen molar-refractivity contribution in [2.24, 2.45) is 17.6 Å². The molecule has 1 fully saturated rings. The molecule has 4 nitrogen and oxygen atoms in total. The van der Waals surface area contributed by atoms with E-state index in [1.807, 2.05) is 13.0 Å². The lowest BCUT2D eigenvalue weighted by molar-refractivity contribution is -0.120. The van der Waals surface area contributed by atoms with Crippen LogP contribution in [0, 0.1) is 11.8 Å². The molecule has 0 radical (unpaired) electrons. The summed E-state index contributed by atoms with van der Waals surface area (Å²) >= 11 is 6.17. The summed E-state index contributed by atoms with van der Waals surface area (Å²) in [6.07, 6.45) is 3.96. The number of benzene rings is 1. The van der Waals surface area contributed by atoms with Gasteiger partial charge in [-0.1, -0.05) is 24.9 Å². The first kappa shape index (κ1) is 16.1. The van der Waals surface area contributed by atoms with E-state index in [4.69, 9.17) is 22.1 Å². The minimum absolute atomic E-state index is 0.0183. The Kier molecular flexibility index (Phi) is 5.88. The summed E-state index contributed by atoms with van der Waals surface area (Å²) in [5.74, 6) is 1.01. The highest BCUT2D eigenvalue weighted by Gasteiger charge is 2.31. The summed E-state index contributed by atoms with van der Waals surface area (Å²) in [5.41, 5.74) is 6.43. The number of nitrogens with two attached hydrogens (primary N) is 1. The van der Waals surface area contributed by atoms with Gasteiger partial charge in [-0.05, 0) is 49.9 Å². The fourth-order valence-electron chi connectivity index (χ4n) is 2.81. The lowest BCUT2D eigenvalue weighted by atomic mass is 9.95. The first-order chi connectivity index (χ1) is 10.2. The summed E-state index contributed by atoms with van der Waals surface area (Å²) in [7, 11) is 0. The van der Waals surface area contributed by atoms with Crippen molar-refractivity contribution in [2.45, 2.75) is 32.6 Å². The van der Waals surface area contributed by atoms with E-state index in [0.29, 0.717) is 35.5 Å². The number of amides is 1. The van der Waals surface area contributed by atoms with Gasteiger partial charge in [0.15, 0.2) is 0 Å². The van der Waals surface area contributed by atoms with Crippen LogP contribution in [0.15, 0.2) is 18.2 Å². The van der Waals surface area contributed by atoms with E-state index in [9.17, 15) is 4.79 Å². The van der Waals surface area contributed by atoms with Crippen molar-refractivity contribution < 1.29 is 9.53 Å². The van der Waals surface area contributed by atoms with Crippen molar-refractivity contribution >= 4 is 23.2 Å². The second-order valence-electron chi connectivity index (χ2n) is 5.52. The monoisotopic (exact) mass is 310 g/mol. The van der Waals surface area contributed by atoms with Crippen LogP contribution in [0.2, 0.25) is 5.02 Å². The number of carbonyl (C=O) groups excluding carboxylic acids is 1. The molecule has 0 bridgehead atoms. The van der Waals surface area contributed by atoms with E-state index in [1.54, 1.807) is 12.1 Å². The molecule has 0 heterocycles. The summed E-state index contributed by atoms with van der Waals surface area (Å²) in [6, 6.07) is 5.35. The molecule has 0 unspecified atom stereocenters. The SMILES string of the molecule is CCCOc1ccc(NC(=O)[C@@H]2CCC[C@@H]2CN)cc1Cl. The Morgan fingerprint density at radius 2 is 2.29 bits per heavy atom. The molecule has 1 aliphatic rings. The smallest absolute Gasteiger partial charge is 0.227 e. The number of rotatable bonds is 6. The molecule has 2 rings (SSSR count). The summed E-state index contributed by atoms with van der Waals surface area (Å²) in [5, 5.41) is 3.45. The number of hydrogen-bond donors (Lipinski definition) is 2. The van der Waals surface area contributed by atoms with Gasteiger partial charge in [0.1, 0.15) is 5.75 Å². The van der Waals surface area contributed by atoms with Crippen molar-refractivity contribution in [3.05, 3.63) is 23.2 Å². The van der Waals surface area contributed by atoms with E-state index in [2.05, 4.69) is 5.32 Å². The maximum Gasteiger partial charge on any atom is 0.227 e. The van der Waals surface area contributed by atoms with Crippen LogP contribution in [0.3, 0.4) is 0 Å². The van der Waals surface area contributed by atoms with Crippen molar-refractivity contribution in [2.75, 3.05) is 18.5 Å². The van der Waals surface area contributed by atoms with Gasteiger partial charge < -0.3 is 15.8 Å². The van der Waals surface area contributed by atoms with Crippen molar-refractivity contribution in [1.29, 1.82) is 0 Å². The predicted octanol–water partition coefficient (Wildman–Crippen LogP) is 3.44. The van der Waals surface area contributed by atoms with Crippen molar-refractivity contribution in [3.8, 4) is 5.75 Å². The van der Waals surface area contributed by atoms with E-state index in [-0.39, 0.29) is 11.8 Å². The Labute approximate surface area is 131 Å². The van der Waals surface area contributed by atoms with E-state index < -0.39 is 0 Å². The normalized spacial score (nSPS) is 21.3. The number of nitrogens with one attached hydrogen (secondary N) is 1. The molecule has 0 saturated heterocycles. The molecule has 0 aliphatic heterocycles. The number of halogens is 1. The molecule has 1 aliphatic carbocycles. The van der Waals surface area contributed by atoms with Gasteiger partial charge in [-0.25, -0.2) is 0 Å². The molecule has 1 aromatic rings. The Bertz CT molecular complexity index is 493. The Hall–Kier alpha value is -1.26. The summed E-state index contributed by atoms with van der Waals surface area (Å²) < 4.78 is 5.52. The van der Waals surface area contributed by atoms with Crippen LogP contribution >= 0.6 is 11.6 Å². The molecule has 1 amide bonds. The quantitative estimate of drug-likeness (QED) is 0.846. The highest BCUT2D eigenvalue weighted by Crippen LogP contribution is 2.33. The third-order valence-electron chi connectivity index (χ3n) is 3.96. The highest BCUT2D eigenvalue weighted by molar-refractivity contribution is 6.32. The molecular weight excluding hydrogens is 288 g/mol. The average molecular weight is 311 g/mol. The van der Waals surface area contributed by atoms with Gasteiger partial charge in [0.05, 0.1) is 11.6 Å². The number of carbonyl (C=O) groups is 1. The van der Waals surface area contributed by atoms with E-state index in [1.165, 1.54) is 0 Å². The molecule has 1 aromatic carbocycles. The Morgan fingerprint density at radius 1 is 1.48 bits per heavy atom. The number of hydrogen-bond acceptors (Lipinski definition) is 3. The zero-order valence-electron chi connectivity index (χ0n) is 12.4. The molecule has 0 spiro atoms. The standard InChI is InChI=1S/C16H23ClN2O2/c1-2-8-21-15-7-6-12(9-14(15)17)19-16(20)13-5-3-4-11(13)10-18/h6-7,9,11,13H,2-5,8,10,18H2,1H3,(H,19,20)/t11-,13-/m1/s1. The summed E-state index contributed by atoms with van der Waals surface area (Å²) in [4.78, 5) is 12.3. The Balaban J connectivity index is 1.99. The van der Waals surface area contributed by atoms with Crippen LogP contribution in [0.1, 0.15) is 32.6 Å². The van der Waals surface area contributed by atoms with E-state index in [0.717, 1.165) is 25.7 Å². The third kappa shape index (κ3) is 4.11. The molecule has 1 saturated carbocycles. The molecule has 116 valence electrons. The predicted molar refractivity (Wildman–Crippen MR) is 85.8 cm³/mol. The first-order valence-electron chi connectivity index (χ1n) is 7.59. The van der Waals surface area contributed by atoms with Gasteiger partial charge in [0.25, 0.3) is 0 Å². The van der Waals surface area contributed by atoms with Gasteiger partial charge in [-0.15, -0.1) is 0 Å². The fraction of sp³-hybridized carbons (Fsp3) is 0.562. The number of ether oxygens (including phenoxy) is 1. The van der Waals surface area contributed by atoms with Gasteiger partial charge in [0.2, 0.25) is 5.91 Å². The minimum atomic E-state index is 0.0183. The Morgan fingerprint density at radius 3 is 2.95 bits per heavy atom. The maximum absolute atomic E-state index is 12.3. The second kappa shape index (κ2) is 7.66. The molecule has 3 N–H and O–H groups in total. The molecule has 2 atom stereocenters. The van der Waals surface area contributed by atoms with Crippen molar-refractivity contribution in [1.82, 2.24) is 0 Å². The van der Waals surface area contributed by atoms with Gasteiger partial charge in [0, 0.05) is 11.6 Å². The third-order valence-corrected chi connectivity index (χ3v) is 4.26. The summed E-state index contributed by atoms with van der Waals surface area (Å²) in [6.45, 7) is 3.24. The zero-order valence-corrected chi connectivity index (χ0v) is 13.2. The van der Waals surface area contributed by atoms with Crippen LogP contribution in [0.4, 0.5) is 5.69 Å². The van der Waals surface area contributed by atoms with Crippen molar-refractivity contribution in [3.63, 3.8) is 0 Å². The average Bonchev–Trinajstić information content (AvgIpc) is 2.95. The van der Waals surface area contributed by atoms with Crippen LogP contribution < -0.4 is 15.8 Å². The zero-order chi connectivity index (χ0) is 15.2. The molecule has 0 aromatic heterocycles. The van der Waals surface area contributed by atoms with Crippen LogP contribution in [-0.4, -0.2) is 19.1 Å². The second-order valence-corrected chi connectivity index (χ2v) is 5.92. The fourth-order valence-corrected chi connectivity index (χ4v) is 3.04. The number of anilines is 1. The lowest BCUT2D eigenvalue weighted by Gasteiger charge is -2.17. The largest absolute Gasteiger partial charge is 0.492 e. The molecule has 5 heteroatoms. The van der Waals surface area contributed by atoms with Crippen LogP contribution in [0.25, 0.3) is 0 Å². The van der Waals surface area contributed by atoms with Crippen LogP contribution in [0.5, 0.6) is 5.75 Å². The highest BCUT2D eigenvalue weighted by atomic mass is 35.5. The lowest BCUT2D eigenvalue weighted by Crippen LogP contribution is -2.29. The van der Waals surface area contributed by atoms with Gasteiger partial charge >= 0.3 is 0 Å².